The van der Waals surface area contributed by atoms with Crippen LogP contribution in [0.4, 0.5) is 0 Å². The van der Waals surface area contributed by atoms with Crippen LogP contribution in [-0.2, 0) is 22.6 Å². The molecule has 0 aliphatic heterocycles. The lowest BCUT2D eigenvalue weighted by atomic mass is 10.0. The van der Waals surface area contributed by atoms with Gasteiger partial charge in [-0.3, -0.25) is 9.59 Å². The van der Waals surface area contributed by atoms with Crippen molar-refractivity contribution in [2.45, 2.75) is 130 Å². The zero-order valence-electron chi connectivity index (χ0n) is 26.7. The van der Waals surface area contributed by atoms with E-state index in [0.29, 0.717) is 18.8 Å². The molecule has 240 valence electrons. The number of ketones is 1. The fourth-order valence-corrected chi connectivity index (χ4v) is 5.90. The lowest BCUT2D eigenvalue weighted by Crippen LogP contribution is -2.43. The lowest BCUT2D eigenvalue weighted by Gasteiger charge is -2.18. The maximum atomic E-state index is 12.8. The summed E-state index contributed by atoms with van der Waals surface area (Å²) in [6.07, 6.45) is 15.6. The summed E-state index contributed by atoms with van der Waals surface area (Å²) in [5, 5.41) is 2.77. The number of unbranched alkanes of at least 4 members (excludes halogenated alkanes) is 12. The van der Waals surface area contributed by atoms with Gasteiger partial charge in [-0.2, -0.15) is 14.7 Å². The molecule has 0 spiro atoms. The van der Waals surface area contributed by atoms with Crippen molar-refractivity contribution in [3.8, 4) is 5.75 Å². The number of hydrogen-bond acceptors (Lipinski definition) is 6. The molecule has 8 heteroatoms. The molecule has 0 saturated carbocycles. The van der Waals surface area contributed by atoms with Crippen molar-refractivity contribution in [1.29, 1.82) is 0 Å². The average molecular weight is 617 g/mol. The van der Waals surface area contributed by atoms with Gasteiger partial charge in [0.2, 0.25) is 11.7 Å². The summed E-state index contributed by atoms with van der Waals surface area (Å²) in [5.41, 5.74) is 4.27. The second-order valence-corrected chi connectivity index (χ2v) is 13.7. The molecular formula is C35H55NO6P+. The van der Waals surface area contributed by atoms with Gasteiger partial charge in [0.25, 0.3) is 0 Å². The number of nitrogens with one attached hydrogen (secondary N) is 1. The van der Waals surface area contributed by atoms with E-state index in [4.69, 9.17) is 4.74 Å². The molecule has 0 aliphatic carbocycles. The number of amides is 1. The van der Waals surface area contributed by atoms with Crippen LogP contribution in [0.2, 0.25) is 0 Å². The molecule has 4 N–H and O–H groups in total. The van der Waals surface area contributed by atoms with E-state index in [-0.39, 0.29) is 12.3 Å². The highest BCUT2D eigenvalue weighted by atomic mass is 31.2. The molecule has 0 bridgehead atoms. The highest BCUT2D eigenvalue weighted by Crippen LogP contribution is 2.44. The first-order chi connectivity index (χ1) is 20.6. The molecule has 0 unspecified atom stereocenters. The van der Waals surface area contributed by atoms with E-state index in [2.05, 4.69) is 44.3 Å². The number of carbonyl (C=O) groups is 2. The van der Waals surface area contributed by atoms with Gasteiger partial charge in [0, 0.05) is 6.42 Å². The van der Waals surface area contributed by atoms with Crippen molar-refractivity contribution in [2.24, 2.45) is 0 Å². The minimum Gasteiger partial charge on any atom is -0.489 e. The zero-order valence-corrected chi connectivity index (χ0v) is 27.5. The highest BCUT2D eigenvalue weighted by Gasteiger charge is 2.37. The number of rotatable bonds is 23. The van der Waals surface area contributed by atoms with Crippen molar-refractivity contribution in [3.63, 3.8) is 0 Å². The largest absolute Gasteiger partial charge is 0.489 e. The number of aryl methyl sites for hydroxylation is 2. The van der Waals surface area contributed by atoms with E-state index in [1.165, 1.54) is 75.3 Å². The van der Waals surface area contributed by atoms with E-state index < -0.39 is 25.9 Å². The Morgan fingerprint density at radius 2 is 1.35 bits per heavy atom. The van der Waals surface area contributed by atoms with Crippen LogP contribution in [0, 0.1) is 13.8 Å². The SMILES string of the molecule is CCCCCCCCCCCCCCCC(=O)N[C@@H](Cc1ccc(OCc2ccc(C)cc2C)cc1)C(=O)C[P+](O)(O)O. The first-order valence-corrected chi connectivity index (χ1v) is 18.1. The summed E-state index contributed by atoms with van der Waals surface area (Å²) in [6.45, 7) is 6.80. The summed E-state index contributed by atoms with van der Waals surface area (Å²) in [6, 6.07) is 12.6. The third kappa shape index (κ3) is 16.9. The predicted octanol–water partition coefficient (Wildman–Crippen LogP) is 7.70. The molecule has 1 amide bonds. The third-order valence-corrected chi connectivity index (χ3v) is 8.59. The summed E-state index contributed by atoms with van der Waals surface area (Å²) < 4.78 is 5.93. The quantitative estimate of drug-likeness (QED) is 0.0751. The van der Waals surface area contributed by atoms with Crippen LogP contribution in [0.1, 0.15) is 119 Å². The van der Waals surface area contributed by atoms with Gasteiger partial charge in [0.15, 0.2) is 6.16 Å². The normalized spacial score (nSPS) is 12.2. The van der Waals surface area contributed by atoms with Crippen molar-refractivity contribution in [3.05, 3.63) is 64.7 Å². The lowest BCUT2D eigenvalue weighted by molar-refractivity contribution is -0.126. The van der Waals surface area contributed by atoms with Crippen molar-refractivity contribution >= 4 is 19.6 Å². The van der Waals surface area contributed by atoms with Crippen molar-refractivity contribution in [1.82, 2.24) is 5.32 Å². The third-order valence-electron chi connectivity index (χ3n) is 7.85. The Labute approximate surface area is 260 Å². The van der Waals surface area contributed by atoms with Crippen LogP contribution < -0.4 is 10.1 Å². The molecule has 2 rings (SSSR count). The Hall–Kier alpha value is -2.31. The predicted molar refractivity (Wildman–Crippen MR) is 176 cm³/mol. The van der Waals surface area contributed by atoms with Crippen LogP contribution in [-0.4, -0.2) is 38.6 Å². The molecule has 0 fully saturated rings. The van der Waals surface area contributed by atoms with E-state index in [0.717, 1.165) is 30.4 Å². The van der Waals surface area contributed by atoms with E-state index in [1.807, 2.05) is 24.3 Å². The first-order valence-electron chi connectivity index (χ1n) is 16.2. The first kappa shape index (κ1) is 36.9. The van der Waals surface area contributed by atoms with E-state index in [1.54, 1.807) is 0 Å². The number of benzene rings is 2. The summed E-state index contributed by atoms with van der Waals surface area (Å²) in [7, 11) is -4.30. The van der Waals surface area contributed by atoms with E-state index >= 15 is 0 Å². The minimum absolute atomic E-state index is 0.181. The monoisotopic (exact) mass is 616 g/mol. The Kier molecular flexibility index (Phi) is 17.7. The fraction of sp³-hybridized carbons (Fsp3) is 0.600. The molecule has 2 aromatic carbocycles. The van der Waals surface area contributed by atoms with Gasteiger partial charge in [-0.05, 0) is 55.5 Å². The van der Waals surface area contributed by atoms with Crippen LogP contribution >= 0.6 is 7.94 Å². The number of carbonyl (C=O) groups excluding carboxylic acids is 2. The van der Waals surface area contributed by atoms with Crippen LogP contribution in [0.3, 0.4) is 0 Å². The average Bonchev–Trinajstić information content (AvgIpc) is 2.94. The standard InChI is InChI=1S/C35H54NO6P/c1-4-5-6-7-8-9-10-11-12-13-14-15-16-17-35(38)36-33(34(37)27-43(39,40)41)25-30-19-22-32(23-20-30)42-26-31-21-18-28(2)24-29(31)3/h18-24,33,39-41H,4-17,25-27H2,1-3H3/p+1/t33-/m0/s1. The second kappa shape index (κ2) is 20.6. The van der Waals surface area contributed by atoms with Gasteiger partial charge >= 0.3 is 7.94 Å². The molecule has 0 saturated heterocycles. The van der Waals surface area contributed by atoms with Gasteiger partial charge in [0.1, 0.15) is 12.4 Å². The van der Waals surface area contributed by atoms with Crippen LogP contribution in [0.5, 0.6) is 5.75 Å². The van der Waals surface area contributed by atoms with E-state index in [9.17, 15) is 24.3 Å². The van der Waals surface area contributed by atoms with Crippen LogP contribution in [0.15, 0.2) is 42.5 Å². The maximum absolute atomic E-state index is 12.8. The van der Waals surface area contributed by atoms with Gasteiger partial charge in [-0.1, -0.05) is 120 Å². The minimum atomic E-state index is -4.30. The molecule has 1 atom stereocenters. The Morgan fingerprint density at radius 1 is 0.791 bits per heavy atom. The maximum Gasteiger partial charge on any atom is 0.411 e. The van der Waals surface area contributed by atoms with Gasteiger partial charge < -0.3 is 10.1 Å². The summed E-state index contributed by atoms with van der Waals surface area (Å²) in [4.78, 5) is 53.9. The van der Waals surface area contributed by atoms with Gasteiger partial charge in [0.05, 0.1) is 6.04 Å². The highest BCUT2D eigenvalue weighted by molar-refractivity contribution is 7.59. The summed E-state index contributed by atoms with van der Waals surface area (Å²) >= 11 is 0. The molecular weight excluding hydrogens is 561 g/mol. The topological polar surface area (TPSA) is 116 Å². The molecule has 0 aliphatic rings. The molecule has 0 radical (unpaired) electrons. The molecule has 0 heterocycles. The molecule has 43 heavy (non-hydrogen) atoms. The smallest absolute Gasteiger partial charge is 0.411 e. The molecule has 0 aromatic heterocycles. The zero-order chi connectivity index (χ0) is 31.5. The van der Waals surface area contributed by atoms with Crippen molar-refractivity contribution in [2.75, 3.05) is 6.16 Å². The van der Waals surface area contributed by atoms with Gasteiger partial charge in [-0.25, -0.2) is 0 Å². The fourth-order valence-electron chi connectivity index (χ4n) is 5.26. The molecule has 7 nitrogen and oxygen atoms in total. The summed E-state index contributed by atoms with van der Waals surface area (Å²) in [5.74, 6) is -0.161. The Bertz CT molecular complexity index is 1080. The number of ether oxygens (including phenoxy) is 1. The van der Waals surface area contributed by atoms with Gasteiger partial charge in [-0.15, -0.1) is 0 Å². The van der Waals surface area contributed by atoms with Crippen molar-refractivity contribution < 1.29 is 29.0 Å². The molecule has 2 aromatic rings. The Morgan fingerprint density at radius 3 is 1.88 bits per heavy atom. The van der Waals surface area contributed by atoms with Crippen LogP contribution in [0.25, 0.3) is 0 Å². The second-order valence-electron chi connectivity index (χ2n) is 12.0. The Balaban J connectivity index is 1.75. The number of Topliss-reactive ketones (excluding diaryl/α,β-unsaturated/α-hetero) is 1. The number of hydrogen-bond donors (Lipinski definition) is 4.